The molecule has 0 bridgehead atoms. The number of hydrogen-bond donors (Lipinski definition) is 2. The maximum absolute atomic E-state index is 13.5. The van der Waals surface area contributed by atoms with Crippen molar-refractivity contribution in [1.29, 1.82) is 0 Å². The number of nitrogens with zero attached hydrogens (tertiary/aromatic N) is 1. The first kappa shape index (κ1) is 26.5. The van der Waals surface area contributed by atoms with E-state index in [-0.39, 0.29) is 23.1 Å². The number of hydrogen-bond acceptors (Lipinski definition) is 4. The van der Waals surface area contributed by atoms with E-state index in [1.165, 1.54) is 6.92 Å². The summed E-state index contributed by atoms with van der Waals surface area (Å²) in [5.74, 6) is -3.85. The molecule has 2 rings (SSSR count). The molecule has 2 aromatic rings. The van der Waals surface area contributed by atoms with E-state index >= 15 is 0 Å². The number of carbonyl (C=O) groups excluding carboxylic acids is 3. The molecule has 2 N–H and O–H groups in total. The Kier molecular flexibility index (Phi) is 8.38. The van der Waals surface area contributed by atoms with Crippen molar-refractivity contribution < 1.29 is 24.6 Å². The van der Waals surface area contributed by atoms with Crippen LogP contribution in [0.25, 0.3) is 0 Å². The second-order valence-corrected chi connectivity index (χ2v) is 10.6. The fraction of sp³-hybridized carbons (Fsp3) is 0.444. The van der Waals surface area contributed by atoms with Crippen LogP contribution in [0.1, 0.15) is 59.6 Å². The molecule has 0 spiro atoms. The Morgan fingerprint density at radius 3 is 2.00 bits per heavy atom. The van der Waals surface area contributed by atoms with Crippen LogP contribution in [0.3, 0.4) is 0 Å². The van der Waals surface area contributed by atoms with Gasteiger partial charge in [0.25, 0.3) is 5.91 Å². The fourth-order valence-electron chi connectivity index (χ4n) is 3.32. The maximum atomic E-state index is 13.5. The Hall–Kier alpha value is -3.13. The third kappa shape index (κ3) is 8.55. The summed E-state index contributed by atoms with van der Waals surface area (Å²) in [6, 6.07) is 8.30. The molecule has 0 heterocycles. The lowest BCUT2D eigenvalue weighted by Crippen LogP contribution is -2.53. The molecule has 35 heavy (non-hydrogen) atoms. The molecule has 190 valence electrons. The highest BCUT2D eigenvalue weighted by molar-refractivity contribution is 6.17. The zero-order valence-corrected chi connectivity index (χ0v) is 21.4. The number of amides is 3. The summed E-state index contributed by atoms with van der Waals surface area (Å²) in [6.07, 6.45) is -0.477. The van der Waals surface area contributed by atoms with Crippen molar-refractivity contribution in [1.82, 2.24) is 10.6 Å². The summed E-state index contributed by atoms with van der Waals surface area (Å²) in [6.45, 7) is 13.0. The smallest absolute Gasteiger partial charge is 0.256 e. The van der Waals surface area contributed by atoms with Gasteiger partial charge in [0, 0.05) is 11.6 Å². The van der Waals surface area contributed by atoms with E-state index in [0.29, 0.717) is 17.1 Å². The molecule has 0 aromatic heterocycles. The van der Waals surface area contributed by atoms with Gasteiger partial charge in [0.05, 0.1) is 18.7 Å². The highest BCUT2D eigenvalue weighted by atomic mass is 19.1. The first-order chi connectivity index (χ1) is 16.5. The lowest BCUT2D eigenvalue weighted by molar-refractivity contribution is -0.130. The number of nitrogens with one attached hydrogen (secondary N) is 2. The average Bonchev–Trinajstić information content (AvgIpc) is 2.75. The summed E-state index contributed by atoms with van der Waals surface area (Å²) in [7, 11) is 0. The molecule has 0 radical (unpaired) electrons. The van der Waals surface area contributed by atoms with E-state index in [2.05, 4.69) is 5.32 Å². The third-order valence-corrected chi connectivity index (χ3v) is 5.20. The van der Waals surface area contributed by atoms with Crippen molar-refractivity contribution >= 4 is 23.4 Å². The highest BCUT2D eigenvalue weighted by Gasteiger charge is 2.29. The van der Waals surface area contributed by atoms with Gasteiger partial charge in [-0.1, -0.05) is 32.9 Å². The van der Waals surface area contributed by atoms with E-state index in [9.17, 15) is 23.2 Å². The molecule has 3 amide bonds. The predicted molar refractivity (Wildman–Crippen MR) is 133 cm³/mol. The van der Waals surface area contributed by atoms with Gasteiger partial charge >= 0.3 is 0 Å². The van der Waals surface area contributed by atoms with Gasteiger partial charge in [-0.05, 0) is 68.5 Å². The molecule has 2 aromatic carbocycles. The Morgan fingerprint density at radius 1 is 0.971 bits per heavy atom. The summed E-state index contributed by atoms with van der Waals surface area (Å²) in [4.78, 5) is 40.2. The number of halogens is 2. The molecule has 0 saturated heterocycles. The van der Waals surface area contributed by atoms with Crippen molar-refractivity contribution in [2.24, 2.45) is 0 Å². The first-order valence-electron chi connectivity index (χ1n) is 11.9. The second kappa shape index (κ2) is 11.1. The largest absolute Gasteiger partial charge is 0.344 e. The lowest BCUT2D eigenvalue weighted by atomic mass is 9.87. The van der Waals surface area contributed by atoms with Gasteiger partial charge < -0.3 is 10.6 Å². The molecular formula is C27H35F2N3O3. The van der Waals surface area contributed by atoms with Crippen molar-refractivity contribution in [3.8, 4) is 0 Å². The minimum absolute atomic E-state index is 0.0366. The van der Waals surface area contributed by atoms with Crippen molar-refractivity contribution in [3.05, 3.63) is 65.2 Å². The Balaban J connectivity index is 2.31. The topological polar surface area (TPSA) is 78.5 Å². The monoisotopic (exact) mass is 488 g/mol. The molecule has 0 aliphatic rings. The molecule has 0 unspecified atom stereocenters. The number of rotatable bonds is 7. The predicted octanol–water partition coefficient (Wildman–Crippen LogP) is 4.26. The molecule has 0 aliphatic heterocycles. The van der Waals surface area contributed by atoms with Crippen molar-refractivity contribution in [2.75, 3.05) is 11.4 Å². The molecule has 0 aliphatic carbocycles. The van der Waals surface area contributed by atoms with Gasteiger partial charge in [-0.3, -0.25) is 14.4 Å². The number of benzene rings is 2. The fourth-order valence-corrected chi connectivity index (χ4v) is 3.32. The van der Waals surface area contributed by atoms with Gasteiger partial charge in [0.1, 0.15) is 17.7 Å². The van der Waals surface area contributed by atoms with E-state index in [1.807, 2.05) is 53.7 Å². The zero-order valence-electron chi connectivity index (χ0n) is 22.4. The Labute approximate surface area is 207 Å². The van der Waals surface area contributed by atoms with Gasteiger partial charge in [-0.2, -0.15) is 0 Å². The standard InChI is InChI=1S/C27H35F2N3O3/c1-17(31-23(33)14-18-12-20(28)15-21(29)13-18)25(35)32(24(34)16-30-27(5,6)7)22-10-8-19(9-11-22)26(2,3)4/h8-13,15,17,30H,14,16H2,1-7H3,(H,31,33)/t17-/m0/s1/i/hD. The van der Waals surface area contributed by atoms with Crippen LogP contribution < -0.4 is 15.5 Å². The van der Waals surface area contributed by atoms with Gasteiger partial charge in [-0.15, -0.1) is 0 Å². The molecule has 6 nitrogen and oxygen atoms in total. The summed E-state index contributed by atoms with van der Waals surface area (Å²) in [5.41, 5.74) is 0.831. The minimum Gasteiger partial charge on any atom is -0.344 e. The van der Waals surface area contributed by atoms with Crippen LogP contribution in [0.5, 0.6) is 0 Å². The van der Waals surface area contributed by atoms with Gasteiger partial charge in [-0.25, -0.2) is 13.7 Å². The second-order valence-electron chi connectivity index (χ2n) is 10.6. The van der Waals surface area contributed by atoms with E-state index in [4.69, 9.17) is 1.41 Å². The quantitative estimate of drug-likeness (QED) is 0.611. The average molecular weight is 489 g/mol. The van der Waals surface area contributed by atoms with Crippen LogP contribution >= 0.6 is 0 Å². The van der Waals surface area contributed by atoms with Crippen LogP contribution in [0, 0.1) is 11.6 Å². The highest BCUT2D eigenvalue weighted by Crippen LogP contribution is 2.25. The van der Waals surface area contributed by atoms with Crippen LogP contribution in [0.4, 0.5) is 14.5 Å². The van der Waals surface area contributed by atoms with E-state index in [0.717, 1.165) is 22.6 Å². The normalized spacial score (nSPS) is 13.1. The minimum atomic E-state index is -1.34. The third-order valence-electron chi connectivity index (χ3n) is 5.20. The summed E-state index contributed by atoms with van der Waals surface area (Å²) < 4.78 is 35.2. The van der Waals surface area contributed by atoms with Crippen LogP contribution in [-0.2, 0) is 26.2 Å². The Morgan fingerprint density at radius 2 is 1.51 bits per heavy atom. The van der Waals surface area contributed by atoms with Crippen LogP contribution in [0.2, 0.25) is 1.41 Å². The molecule has 1 atom stereocenters. The lowest BCUT2D eigenvalue weighted by Gasteiger charge is -2.28. The molecule has 8 heteroatoms. The first-order valence-corrected chi connectivity index (χ1v) is 11.5. The number of anilines is 1. The summed E-state index contributed by atoms with van der Waals surface area (Å²) >= 11 is 0. The Bertz CT molecular complexity index is 1090. The van der Waals surface area contributed by atoms with Crippen molar-refractivity contribution in [2.45, 2.75) is 71.9 Å². The molecule has 0 saturated carbocycles. The van der Waals surface area contributed by atoms with Gasteiger partial charge in [0.15, 0.2) is 1.41 Å². The maximum Gasteiger partial charge on any atom is 0.256 e. The van der Waals surface area contributed by atoms with Crippen molar-refractivity contribution in [3.63, 3.8) is 0 Å². The number of carbonyl (C=O) groups is 3. The molecular weight excluding hydrogens is 452 g/mol. The SMILES string of the molecule is [2H]N(C(=O)Cc1cc(F)cc(F)c1)[C@@H](C)C(=O)N(C(=O)CNC(C)(C)C)c1ccc(C(C)(C)C)cc1. The van der Waals surface area contributed by atoms with E-state index in [1.54, 1.807) is 12.1 Å². The van der Waals surface area contributed by atoms with Crippen LogP contribution in [-0.4, -0.2) is 35.8 Å². The molecule has 0 fully saturated rings. The zero-order chi connectivity index (χ0) is 27.4. The van der Waals surface area contributed by atoms with Gasteiger partial charge in [0.2, 0.25) is 11.8 Å². The van der Waals surface area contributed by atoms with E-state index < -0.39 is 41.8 Å². The summed E-state index contributed by atoms with van der Waals surface area (Å²) in [5, 5.41) is 3.49. The van der Waals surface area contributed by atoms with Crippen LogP contribution in [0.15, 0.2) is 42.5 Å². The number of imide groups is 1.